The third kappa shape index (κ3) is 8.01. The van der Waals surface area contributed by atoms with Crippen molar-refractivity contribution in [3.8, 4) is 5.75 Å². The Morgan fingerprint density at radius 1 is 0.908 bits per heavy atom. The maximum absolute atomic E-state index is 14.3. The van der Waals surface area contributed by atoms with Crippen molar-refractivity contribution < 1.29 is 38.5 Å². The van der Waals surface area contributed by atoms with Gasteiger partial charge in [-0.25, -0.2) is 0 Å². The van der Waals surface area contributed by atoms with Crippen molar-refractivity contribution in [2.45, 2.75) is 171 Å². The highest BCUT2D eigenvalue weighted by molar-refractivity contribution is 6.30. The van der Waals surface area contributed by atoms with Crippen LogP contribution in [-0.2, 0) is 23.9 Å². The zero-order chi connectivity index (χ0) is 47.3. The van der Waals surface area contributed by atoms with E-state index in [4.69, 9.17) is 25.8 Å². The minimum atomic E-state index is -0.829. The molecule has 0 aromatic heterocycles. The molecule has 11 heteroatoms. The number of carboxylic acids is 1. The van der Waals surface area contributed by atoms with Crippen LogP contribution in [0.4, 0.5) is 0 Å². The second-order valence-electron chi connectivity index (χ2n) is 24.8. The van der Waals surface area contributed by atoms with Crippen LogP contribution in [0.5, 0.6) is 5.75 Å². The minimum absolute atomic E-state index is 0.0478. The smallest absolute Gasteiger partial charge is 0.309 e. The molecule has 0 bridgehead atoms. The normalized spacial score (nSPS) is 38.2. The number of carboxylic acid groups (broad SMARTS) is 1. The van der Waals surface area contributed by atoms with Gasteiger partial charge in [-0.05, 0) is 154 Å². The lowest BCUT2D eigenvalue weighted by atomic mass is 9.33. The average Bonchev–Trinajstić information content (AvgIpc) is 3.82. The van der Waals surface area contributed by atoms with Crippen molar-refractivity contribution in [1.82, 2.24) is 10.6 Å². The number of carbonyl (C=O) groups excluding carboxylic acids is 3. The molecular formula is C54H79ClN2O8. The van der Waals surface area contributed by atoms with Crippen LogP contribution in [0, 0.1) is 68.0 Å². The van der Waals surface area contributed by atoms with Crippen LogP contribution in [0.15, 0.2) is 29.3 Å². The molecule has 7 aliphatic rings. The number of fused-ring (bicyclic) bond motifs is 7. The summed E-state index contributed by atoms with van der Waals surface area (Å²) in [7, 11) is 0. The van der Waals surface area contributed by atoms with E-state index in [2.05, 4.69) is 59.1 Å². The summed E-state index contributed by atoms with van der Waals surface area (Å²) in [5.41, 5.74) is 1.73. The average molecular weight is 920 g/mol. The van der Waals surface area contributed by atoms with Crippen LogP contribution in [-0.4, -0.2) is 72.8 Å². The summed E-state index contributed by atoms with van der Waals surface area (Å²) in [6, 6.07) is 5.15. The molecular weight excluding hydrogens is 840 g/mol. The zero-order valence-electron chi connectivity index (χ0n) is 41.3. The monoisotopic (exact) mass is 919 g/mol. The standard InChI is InChI=1S/C54H79ClN2O8/c1-31(2)43-38(58)28-54(23-24-56-30-48(3,4)57-45(59)34-13-12-32(55)26-39(34)64-33-18-25-63-29-33)22-21-52(10)35(44(43)54)14-15-41-51(9)19-17-42(50(7,8)40(51)16-20-53(41,52)11)65-47(62)37-27-36(46(60)61)49(37,5)6/h12-13,26,31,33,35-37,40-42,56H,14-25,27-30H2,1-11H3,(H,57,59)(H,60,61)/t33-,35-,36+,37-,40+,41-,42+,51+,52-,53-,54-/m1/s1. The van der Waals surface area contributed by atoms with E-state index in [0.717, 1.165) is 76.3 Å². The first kappa shape index (κ1) is 48.5. The van der Waals surface area contributed by atoms with Crippen molar-refractivity contribution in [2.24, 2.45) is 68.0 Å². The SMILES string of the molecule is CC(C)C1=C2[C@H]3CC[C@@H]4[C@@]5(C)CC[C@H](OC(=O)[C@H]6C[C@@H](C(=O)O)C6(C)C)C(C)(C)[C@@H]5CC[C@@]4(C)[C@]3(C)CC[C@@]2(CCNCC(C)(C)NC(=O)c2ccc(Cl)cc2O[C@@H]2CCOC2)CC1=O. The third-order valence-electron chi connectivity index (χ3n) is 19.8. The van der Waals surface area contributed by atoms with Crippen molar-refractivity contribution in [3.63, 3.8) is 0 Å². The molecule has 0 unspecified atom stereocenters. The highest BCUT2D eigenvalue weighted by atomic mass is 35.5. The number of esters is 1. The maximum atomic E-state index is 14.3. The number of allylic oxidation sites excluding steroid dienone is 2. The van der Waals surface area contributed by atoms with Crippen molar-refractivity contribution in [2.75, 3.05) is 26.3 Å². The second kappa shape index (κ2) is 16.9. The molecule has 5 saturated carbocycles. The molecule has 1 aromatic rings. The summed E-state index contributed by atoms with van der Waals surface area (Å²) >= 11 is 6.33. The first-order valence-corrected chi connectivity index (χ1v) is 25.5. The van der Waals surface area contributed by atoms with Gasteiger partial charge in [0, 0.05) is 40.8 Å². The second-order valence-corrected chi connectivity index (χ2v) is 25.2. The van der Waals surface area contributed by atoms with Crippen LogP contribution in [0.3, 0.4) is 0 Å². The first-order valence-electron chi connectivity index (χ1n) is 25.1. The van der Waals surface area contributed by atoms with Gasteiger partial charge in [-0.15, -0.1) is 0 Å². The van der Waals surface area contributed by atoms with Gasteiger partial charge in [-0.3, -0.25) is 19.2 Å². The Morgan fingerprint density at radius 3 is 2.31 bits per heavy atom. The summed E-state index contributed by atoms with van der Waals surface area (Å²) in [5.74, 6) is 0.105. The molecule has 6 fully saturated rings. The largest absolute Gasteiger partial charge is 0.487 e. The first-order chi connectivity index (χ1) is 30.3. The molecule has 65 heavy (non-hydrogen) atoms. The van der Waals surface area contributed by atoms with E-state index in [9.17, 15) is 24.3 Å². The van der Waals surface area contributed by atoms with Crippen molar-refractivity contribution in [3.05, 3.63) is 39.9 Å². The van der Waals surface area contributed by atoms with Gasteiger partial charge in [0.25, 0.3) is 5.91 Å². The van der Waals surface area contributed by atoms with Crippen molar-refractivity contribution in [1.29, 1.82) is 0 Å². The van der Waals surface area contributed by atoms with Crippen LogP contribution >= 0.6 is 11.6 Å². The fourth-order valence-corrected chi connectivity index (χ4v) is 16.1. The van der Waals surface area contributed by atoms with Gasteiger partial charge < -0.3 is 30.0 Å². The Hall–Kier alpha value is -2.95. The molecule has 360 valence electrons. The molecule has 6 aliphatic carbocycles. The summed E-state index contributed by atoms with van der Waals surface area (Å²) < 4.78 is 18.1. The molecule has 8 rings (SSSR count). The van der Waals surface area contributed by atoms with E-state index in [1.807, 2.05) is 27.7 Å². The molecule has 10 nitrogen and oxygen atoms in total. The Kier molecular flexibility index (Phi) is 12.6. The Labute approximate surface area is 393 Å². The maximum Gasteiger partial charge on any atom is 0.309 e. The van der Waals surface area contributed by atoms with Gasteiger partial charge in [0.05, 0.1) is 30.6 Å². The predicted molar refractivity (Wildman–Crippen MR) is 253 cm³/mol. The lowest BCUT2D eigenvalue weighted by Gasteiger charge is -2.72. The highest BCUT2D eigenvalue weighted by Gasteiger charge is 2.70. The summed E-state index contributed by atoms with van der Waals surface area (Å²) in [4.78, 5) is 53.5. The number of hydrogen-bond acceptors (Lipinski definition) is 8. The van der Waals surface area contributed by atoms with Crippen LogP contribution in [0.2, 0.25) is 5.02 Å². The number of carbonyl (C=O) groups is 4. The molecule has 1 aromatic carbocycles. The number of rotatable bonds is 13. The number of ether oxygens (including phenoxy) is 3. The van der Waals surface area contributed by atoms with Gasteiger partial charge >= 0.3 is 11.9 Å². The van der Waals surface area contributed by atoms with Gasteiger partial charge in [-0.2, -0.15) is 0 Å². The lowest BCUT2D eigenvalue weighted by molar-refractivity contribution is -0.236. The predicted octanol–water partition coefficient (Wildman–Crippen LogP) is 10.6. The van der Waals surface area contributed by atoms with Crippen LogP contribution in [0.25, 0.3) is 0 Å². The topological polar surface area (TPSA) is 140 Å². The number of ketones is 1. The number of benzene rings is 1. The molecule has 1 saturated heterocycles. The van der Waals surface area contributed by atoms with E-state index >= 15 is 0 Å². The number of hydrogen-bond donors (Lipinski definition) is 3. The summed E-state index contributed by atoms with van der Waals surface area (Å²) in [5, 5.41) is 17.2. The Balaban J connectivity index is 0.951. The Bertz CT molecular complexity index is 2110. The quantitative estimate of drug-likeness (QED) is 0.130. The van der Waals surface area contributed by atoms with Crippen molar-refractivity contribution >= 4 is 35.2 Å². The highest BCUT2D eigenvalue weighted by Crippen LogP contribution is 2.77. The molecule has 11 atom stereocenters. The lowest BCUT2D eigenvalue weighted by Crippen LogP contribution is -2.66. The molecule has 1 amide bonds. The number of halogens is 1. The van der Waals surface area contributed by atoms with Crippen LogP contribution in [0.1, 0.15) is 164 Å². The molecule has 1 aliphatic heterocycles. The molecule has 1 heterocycles. The number of nitrogens with one attached hydrogen (secondary N) is 2. The van der Waals surface area contributed by atoms with E-state index in [0.29, 0.717) is 72.5 Å². The fraction of sp³-hybridized carbons (Fsp3) is 0.778. The minimum Gasteiger partial charge on any atom is -0.487 e. The summed E-state index contributed by atoms with van der Waals surface area (Å²) in [6.07, 6.45) is 10.7. The molecule has 0 radical (unpaired) electrons. The number of aliphatic carboxylic acids is 1. The van der Waals surface area contributed by atoms with E-state index in [-0.39, 0.29) is 63.0 Å². The number of amides is 1. The van der Waals surface area contributed by atoms with Gasteiger partial charge in [0.1, 0.15) is 18.0 Å². The fourth-order valence-electron chi connectivity index (χ4n) is 15.9. The Morgan fingerprint density at radius 2 is 1.65 bits per heavy atom. The van der Waals surface area contributed by atoms with Gasteiger partial charge in [0.2, 0.25) is 0 Å². The third-order valence-corrected chi connectivity index (χ3v) is 20.0. The molecule has 0 spiro atoms. The van der Waals surface area contributed by atoms with Gasteiger partial charge in [-0.1, -0.05) is 79.5 Å². The van der Waals surface area contributed by atoms with E-state index in [1.54, 1.807) is 18.2 Å². The van der Waals surface area contributed by atoms with E-state index in [1.165, 1.54) is 5.57 Å². The van der Waals surface area contributed by atoms with Gasteiger partial charge in [0.15, 0.2) is 5.78 Å². The molecule has 3 N–H and O–H groups in total. The van der Waals surface area contributed by atoms with E-state index < -0.39 is 22.8 Å². The van der Waals surface area contributed by atoms with Crippen LogP contribution < -0.4 is 15.4 Å². The zero-order valence-corrected chi connectivity index (χ0v) is 42.1. The number of Topliss-reactive ketones (excluding diaryl/α,β-unsaturated/α-hetero) is 1. The summed E-state index contributed by atoms with van der Waals surface area (Å²) in [6.45, 7) is 27.2.